The molecule has 0 heterocycles. The van der Waals surface area contributed by atoms with Crippen molar-refractivity contribution in [2.45, 2.75) is 32.9 Å². The lowest BCUT2D eigenvalue weighted by Gasteiger charge is -2.14. The van der Waals surface area contributed by atoms with Crippen LogP contribution in [0.25, 0.3) is 0 Å². The van der Waals surface area contributed by atoms with Gasteiger partial charge in [0.25, 0.3) is 0 Å². The molecule has 0 rings (SSSR count). The van der Waals surface area contributed by atoms with Gasteiger partial charge in [0, 0.05) is 13.0 Å². The zero-order chi connectivity index (χ0) is 10.5. The summed E-state index contributed by atoms with van der Waals surface area (Å²) in [4.78, 5) is 10.8. The van der Waals surface area contributed by atoms with E-state index in [1.54, 1.807) is 0 Å². The molecule has 0 spiro atoms. The number of nitrogens with one attached hydrogen (secondary N) is 1. The average molecular weight is 197 g/mol. The van der Waals surface area contributed by atoms with Gasteiger partial charge in [-0.1, -0.05) is 13.8 Å². The van der Waals surface area contributed by atoms with Gasteiger partial charge in [0.1, 0.15) is 0 Å². The minimum Gasteiger partial charge on any atom is -0.356 e. The Balaban J connectivity index is 3.79. The van der Waals surface area contributed by atoms with E-state index in [-0.39, 0.29) is 0 Å². The summed E-state index contributed by atoms with van der Waals surface area (Å²) in [7, 11) is 0. The molecular formula is C8H14F3NO. The van der Waals surface area contributed by atoms with Crippen molar-refractivity contribution in [2.24, 2.45) is 5.92 Å². The van der Waals surface area contributed by atoms with Gasteiger partial charge >= 0.3 is 6.18 Å². The summed E-state index contributed by atoms with van der Waals surface area (Å²) in [5, 5.41) is 2.40. The van der Waals surface area contributed by atoms with Gasteiger partial charge in [-0.2, -0.15) is 13.2 Å². The number of hydrogen-bond acceptors (Lipinski definition) is 1. The second-order valence-corrected chi connectivity index (χ2v) is 3.00. The Hall–Kier alpha value is -0.740. The smallest absolute Gasteiger partial charge is 0.356 e. The Kier molecular flexibility index (Phi) is 4.80. The van der Waals surface area contributed by atoms with Crippen LogP contribution in [0.15, 0.2) is 0 Å². The number of amides is 1. The third kappa shape index (κ3) is 5.49. The first-order valence-corrected chi connectivity index (χ1v) is 4.21. The van der Waals surface area contributed by atoms with Crippen molar-refractivity contribution >= 4 is 5.91 Å². The predicted octanol–water partition coefficient (Wildman–Crippen LogP) is 2.10. The molecule has 0 aromatic carbocycles. The highest BCUT2D eigenvalue weighted by atomic mass is 19.4. The quantitative estimate of drug-likeness (QED) is 0.734. The summed E-state index contributed by atoms with van der Waals surface area (Å²) in [6.07, 6.45) is -4.03. The van der Waals surface area contributed by atoms with Crippen molar-refractivity contribution in [3.05, 3.63) is 0 Å². The molecule has 0 radical (unpaired) electrons. The molecule has 0 fully saturated rings. The molecule has 0 aromatic heterocycles. The van der Waals surface area contributed by atoms with E-state index < -0.39 is 24.4 Å². The van der Waals surface area contributed by atoms with Crippen molar-refractivity contribution in [2.75, 3.05) is 6.54 Å². The van der Waals surface area contributed by atoms with Gasteiger partial charge in [-0.25, -0.2) is 0 Å². The van der Waals surface area contributed by atoms with E-state index in [4.69, 9.17) is 0 Å². The van der Waals surface area contributed by atoms with Gasteiger partial charge in [0.05, 0.1) is 5.92 Å². The fourth-order valence-electron chi connectivity index (χ4n) is 0.730. The summed E-state index contributed by atoms with van der Waals surface area (Å²) in [6, 6.07) is 0. The van der Waals surface area contributed by atoms with Gasteiger partial charge in [-0.05, 0) is 6.42 Å². The summed E-state index contributed by atoms with van der Waals surface area (Å²) < 4.78 is 35.9. The summed E-state index contributed by atoms with van der Waals surface area (Å²) in [6.45, 7) is 3.28. The van der Waals surface area contributed by atoms with Crippen molar-refractivity contribution in [1.29, 1.82) is 0 Å². The van der Waals surface area contributed by atoms with Gasteiger partial charge in [0.2, 0.25) is 5.91 Å². The Morgan fingerprint density at radius 1 is 1.46 bits per heavy atom. The monoisotopic (exact) mass is 197 g/mol. The van der Waals surface area contributed by atoms with E-state index in [1.165, 1.54) is 0 Å². The summed E-state index contributed by atoms with van der Waals surface area (Å²) >= 11 is 0. The van der Waals surface area contributed by atoms with Crippen molar-refractivity contribution in [1.82, 2.24) is 5.32 Å². The number of carbonyl (C=O) groups is 1. The standard InChI is InChI=1S/C8H14F3NO/c1-3-4-12-7(13)5-6(2)8(9,10)11/h6H,3-5H2,1-2H3,(H,12,13). The van der Waals surface area contributed by atoms with E-state index in [1.807, 2.05) is 6.92 Å². The maximum atomic E-state index is 12.0. The normalized spacial score (nSPS) is 13.9. The molecule has 0 saturated heterocycles. The lowest BCUT2D eigenvalue weighted by atomic mass is 10.1. The first-order chi connectivity index (χ1) is 5.88. The molecule has 13 heavy (non-hydrogen) atoms. The van der Waals surface area contributed by atoms with Crippen molar-refractivity contribution in [3.63, 3.8) is 0 Å². The average Bonchev–Trinajstić information content (AvgIpc) is 1.99. The second kappa shape index (κ2) is 5.09. The van der Waals surface area contributed by atoms with Crippen LogP contribution in [-0.2, 0) is 4.79 Å². The molecule has 5 heteroatoms. The molecule has 1 atom stereocenters. The van der Waals surface area contributed by atoms with E-state index in [0.717, 1.165) is 13.3 Å². The Bertz CT molecular complexity index is 167. The van der Waals surface area contributed by atoms with Crippen LogP contribution in [0.3, 0.4) is 0 Å². The summed E-state index contributed by atoms with van der Waals surface area (Å²) in [5.41, 5.74) is 0. The molecule has 1 unspecified atom stereocenters. The van der Waals surface area contributed by atoms with E-state index >= 15 is 0 Å². The molecule has 1 N–H and O–H groups in total. The van der Waals surface area contributed by atoms with Crippen molar-refractivity contribution < 1.29 is 18.0 Å². The number of hydrogen-bond donors (Lipinski definition) is 1. The molecule has 0 aliphatic rings. The van der Waals surface area contributed by atoms with Crippen LogP contribution in [0, 0.1) is 5.92 Å². The van der Waals surface area contributed by atoms with Gasteiger partial charge in [-0.15, -0.1) is 0 Å². The Labute approximate surface area is 75.5 Å². The molecule has 78 valence electrons. The molecule has 0 saturated carbocycles. The molecule has 0 aromatic rings. The number of rotatable bonds is 4. The maximum absolute atomic E-state index is 12.0. The first-order valence-electron chi connectivity index (χ1n) is 4.21. The van der Waals surface area contributed by atoms with Crippen LogP contribution in [0.5, 0.6) is 0 Å². The Morgan fingerprint density at radius 3 is 2.38 bits per heavy atom. The van der Waals surface area contributed by atoms with Crippen molar-refractivity contribution in [3.8, 4) is 0 Å². The first kappa shape index (κ1) is 12.3. The number of carbonyl (C=O) groups excluding carboxylic acids is 1. The highest BCUT2D eigenvalue weighted by Crippen LogP contribution is 2.27. The molecule has 0 aliphatic carbocycles. The van der Waals surface area contributed by atoms with Gasteiger partial charge in [0.15, 0.2) is 0 Å². The molecular weight excluding hydrogens is 183 g/mol. The molecule has 2 nitrogen and oxygen atoms in total. The predicted molar refractivity (Wildman–Crippen MR) is 43.1 cm³/mol. The second-order valence-electron chi connectivity index (χ2n) is 3.00. The van der Waals surface area contributed by atoms with E-state index in [0.29, 0.717) is 6.54 Å². The van der Waals surface area contributed by atoms with Crippen LogP contribution in [0.1, 0.15) is 26.7 Å². The highest BCUT2D eigenvalue weighted by Gasteiger charge is 2.36. The van der Waals surface area contributed by atoms with E-state index in [9.17, 15) is 18.0 Å². The van der Waals surface area contributed by atoms with Gasteiger partial charge < -0.3 is 5.32 Å². The lowest BCUT2D eigenvalue weighted by Crippen LogP contribution is -2.30. The maximum Gasteiger partial charge on any atom is 0.392 e. The third-order valence-electron chi connectivity index (χ3n) is 1.62. The van der Waals surface area contributed by atoms with Crippen LogP contribution in [0.4, 0.5) is 13.2 Å². The molecule has 0 aliphatic heterocycles. The fraction of sp³-hybridized carbons (Fsp3) is 0.875. The van der Waals surface area contributed by atoms with Gasteiger partial charge in [-0.3, -0.25) is 4.79 Å². The largest absolute Gasteiger partial charge is 0.392 e. The minimum absolute atomic E-state index is 0.434. The van der Waals surface area contributed by atoms with Crippen LogP contribution >= 0.6 is 0 Å². The molecule has 1 amide bonds. The third-order valence-corrected chi connectivity index (χ3v) is 1.62. The zero-order valence-electron chi connectivity index (χ0n) is 7.74. The fourth-order valence-corrected chi connectivity index (χ4v) is 0.730. The molecule has 0 bridgehead atoms. The minimum atomic E-state index is -4.27. The van der Waals surface area contributed by atoms with Crippen LogP contribution < -0.4 is 5.32 Å². The SMILES string of the molecule is CCCNC(=O)CC(C)C(F)(F)F. The number of alkyl halides is 3. The Morgan fingerprint density at radius 2 is 2.00 bits per heavy atom. The highest BCUT2D eigenvalue weighted by molar-refractivity contribution is 5.76. The number of halogens is 3. The summed E-state index contributed by atoms with van der Waals surface area (Å²) in [5.74, 6) is -2.10. The zero-order valence-corrected chi connectivity index (χ0v) is 7.74. The van der Waals surface area contributed by atoms with Crippen LogP contribution in [0.2, 0.25) is 0 Å². The lowest BCUT2D eigenvalue weighted by molar-refractivity contribution is -0.174. The van der Waals surface area contributed by atoms with Crippen LogP contribution in [-0.4, -0.2) is 18.6 Å². The van der Waals surface area contributed by atoms with E-state index in [2.05, 4.69) is 5.32 Å². The topological polar surface area (TPSA) is 29.1 Å².